The number of morpholine rings is 2. The molecule has 3 aliphatic rings. The Balaban J connectivity index is 1.22. The van der Waals surface area contributed by atoms with E-state index in [1.807, 2.05) is 9.80 Å². The number of imide groups is 1. The van der Waals surface area contributed by atoms with Crippen molar-refractivity contribution in [2.75, 3.05) is 69.5 Å². The van der Waals surface area contributed by atoms with E-state index in [0.717, 1.165) is 16.7 Å². The molecular weight excluding hydrogens is 579 g/mol. The molecule has 1 aromatic heterocycles. The van der Waals surface area contributed by atoms with Crippen LogP contribution in [0.2, 0.25) is 0 Å². The number of benzene rings is 2. The molecule has 0 radical (unpaired) electrons. The Bertz CT molecular complexity index is 1490. The summed E-state index contributed by atoms with van der Waals surface area (Å²) in [7, 11) is 1.51. The van der Waals surface area contributed by atoms with Crippen LogP contribution in [-0.4, -0.2) is 90.7 Å². The zero-order valence-electron chi connectivity index (χ0n) is 23.4. The van der Waals surface area contributed by atoms with Crippen molar-refractivity contribution in [3.63, 3.8) is 0 Å². The molecule has 0 atom stereocenters. The molecule has 14 heteroatoms. The van der Waals surface area contributed by atoms with Crippen LogP contribution in [0.5, 0.6) is 17.5 Å². The normalized spacial score (nSPS) is 18.5. The van der Waals surface area contributed by atoms with Gasteiger partial charge in [0.2, 0.25) is 11.9 Å². The number of nitrogens with zero attached hydrogens (tertiary/aromatic N) is 6. The zero-order valence-corrected chi connectivity index (χ0v) is 24.2. The molecule has 0 saturated carbocycles. The SMILES string of the molecule is COc1cc(/C=C2\SC(=O)N(Cc3ccc(F)cc3)C2=O)ccc1Oc1nc(N2CCOCC2)nc(N2CCOCC2)n1. The van der Waals surface area contributed by atoms with Crippen LogP contribution in [-0.2, 0) is 20.8 Å². The average molecular weight is 609 g/mol. The van der Waals surface area contributed by atoms with Crippen LogP contribution < -0.4 is 19.3 Å². The fraction of sp³-hybridized carbons (Fsp3) is 0.345. The summed E-state index contributed by atoms with van der Waals surface area (Å²) in [6, 6.07) is 11.0. The van der Waals surface area contributed by atoms with Crippen LogP contribution in [0.4, 0.5) is 21.1 Å². The Morgan fingerprint density at radius 1 is 0.884 bits per heavy atom. The molecule has 3 aliphatic heterocycles. The summed E-state index contributed by atoms with van der Waals surface area (Å²) in [5, 5.41) is -0.394. The molecule has 2 aromatic carbocycles. The van der Waals surface area contributed by atoms with Gasteiger partial charge in [0.25, 0.3) is 11.1 Å². The Morgan fingerprint density at radius 2 is 1.51 bits per heavy atom. The second kappa shape index (κ2) is 12.9. The highest BCUT2D eigenvalue weighted by molar-refractivity contribution is 8.18. The van der Waals surface area contributed by atoms with E-state index >= 15 is 0 Å². The smallest absolute Gasteiger partial charge is 0.328 e. The summed E-state index contributed by atoms with van der Waals surface area (Å²) in [5.41, 5.74) is 1.29. The second-order valence-corrected chi connectivity index (χ2v) is 10.8. The standard InChI is InChI=1S/C29H29FN6O6S/c1-39-23-16-20(17-24-25(37)36(29(38)43-24)18-19-2-5-21(30)6-3-19)4-7-22(23)42-28-32-26(34-8-12-40-13-9-34)31-27(33-28)35-10-14-41-15-11-35/h2-7,16-17H,8-15,18H2,1H3/b24-17-. The zero-order chi connectivity index (χ0) is 29.8. The van der Waals surface area contributed by atoms with E-state index in [0.29, 0.717) is 87.1 Å². The molecule has 6 rings (SSSR count). The molecule has 0 spiro atoms. The Kier molecular flexibility index (Phi) is 8.67. The van der Waals surface area contributed by atoms with E-state index < -0.39 is 11.1 Å². The molecule has 3 fully saturated rings. The van der Waals surface area contributed by atoms with Gasteiger partial charge in [-0.3, -0.25) is 14.5 Å². The van der Waals surface area contributed by atoms with Gasteiger partial charge in [0, 0.05) is 26.2 Å². The van der Waals surface area contributed by atoms with Gasteiger partial charge in [-0.2, -0.15) is 15.0 Å². The number of hydrogen-bond acceptors (Lipinski definition) is 12. The maximum atomic E-state index is 13.3. The van der Waals surface area contributed by atoms with Gasteiger partial charge in [0.1, 0.15) is 5.82 Å². The molecular formula is C29H29FN6O6S. The number of carbonyl (C=O) groups is 2. The number of ether oxygens (including phenoxy) is 4. The minimum absolute atomic E-state index is 0.0587. The number of hydrogen-bond donors (Lipinski definition) is 0. The van der Waals surface area contributed by atoms with E-state index in [-0.39, 0.29) is 23.3 Å². The lowest BCUT2D eigenvalue weighted by atomic mass is 10.1. The highest BCUT2D eigenvalue weighted by Crippen LogP contribution is 2.36. The van der Waals surface area contributed by atoms with Crippen molar-refractivity contribution in [2.45, 2.75) is 6.54 Å². The largest absolute Gasteiger partial charge is 0.493 e. The Morgan fingerprint density at radius 3 is 2.12 bits per heavy atom. The van der Waals surface area contributed by atoms with E-state index in [1.165, 1.54) is 19.2 Å². The Labute approximate surface area is 251 Å². The molecule has 224 valence electrons. The third-order valence-corrected chi connectivity index (χ3v) is 7.90. The third-order valence-electron chi connectivity index (χ3n) is 6.99. The number of amides is 2. The van der Waals surface area contributed by atoms with Crippen LogP contribution in [0.3, 0.4) is 0 Å². The number of thioether (sulfide) groups is 1. The lowest BCUT2D eigenvalue weighted by molar-refractivity contribution is -0.123. The summed E-state index contributed by atoms with van der Waals surface area (Å²) in [5.74, 6) is 0.958. The lowest BCUT2D eigenvalue weighted by Crippen LogP contribution is -2.40. The first-order chi connectivity index (χ1) is 21.0. The van der Waals surface area contributed by atoms with Crippen molar-refractivity contribution in [3.05, 3.63) is 64.3 Å². The molecule has 3 aromatic rings. The molecule has 2 amide bonds. The van der Waals surface area contributed by atoms with Crippen molar-refractivity contribution in [1.29, 1.82) is 0 Å². The number of aromatic nitrogens is 3. The third kappa shape index (κ3) is 6.71. The van der Waals surface area contributed by atoms with Crippen LogP contribution in [0.25, 0.3) is 6.08 Å². The molecule has 4 heterocycles. The van der Waals surface area contributed by atoms with Crippen molar-refractivity contribution < 1.29 is 32.9 Å². The van der Waals surface area contributed by atoms with Gasteiger partial charge in [0.05, 0.1) is 45.0 Å². The first-order valence-corrected chi connectivity index (χ1v) is 14.6. The first kappa shape index (κ1) is 28.8. The molecule has 0 bridgehead atoms. The molecule has 0 aliphatic carbocycles. The topological polar surface area (TPSA) is 119 Å². The number of carbonyl (C=O) groups excluding carboxylic acids is 2. The van der Waals surface area contributed by atoms with E-state index in [9.17, 15) is 14.0 Å². The molecule has 12 nitrogen and oxygen atoms in total. The molecule has 3 saturated heterocycles. The fourth-order valence-electron chi connectivity index (χ4n) is 4.71. The number of anilines is 2. The van der Waals surface area contributed by atoms with E-state index in [2.05, 4.69) is 9.97 Å². The van der Waals surface area contributed by atoms with Crippen LogP contribution >= 0.6 is 11.8 Å². The van der Waals surface area contributed by atoms with Crippen LogP contribution in [0.1, 0.15) is 11.1 Å². The summed E-state index contributed by atoms with van der Waals surface area (Å²) in [4.78, 5) is 44.9. The summed E-state index contributed by atoms with van der Waals surface area (Å²) in [6.07, 6.45) is 1.62. The fourth-order valence-corrected chi connectivity index (χ4v) is 5.55. The minimum Gasteiger partial charge on any atom is -0.493 e. The molecule has 43 heavy (non-hydrogen) atoms. The number of methoxy groups -OCH3 is 1. The number of rotatable bonds is 8. The van der Waals surface area contributed by atoms with Gasteiger partial charge in [-0.1, -0.05) is 18.2 Å². The first-order valence-electron chi connectivity index (χ1n) is 13.7. The predicted octanol–water partition coefficient (Wildman–Crippen LogP) is 3.72. The van der Waals surface area contributed by atoms with Crippen molar-refractivity contribution in [2.24, 2.45) is 0 Å². The summed E-state index contributed by atoms with van der Waals surface area (Å²) < 4.78 is 36.0. The van der Waals surface area contributed by atoms with Gasteiger partial charge in [-0.25, -0.2) is 4.39 Å². The summed E-state index contributed by atoms with van der Waals surface area (Å²) >= 11 is 0.848. The number of halogens is 1. The maximum absolute atomic E-state index is 13.3. The van der Waals surface area contributed by atoms with E-state index in [4.69, 9.17) is 23.9 Å². The average Bonchev–Trinajstić information content (AvgIpc) is 3.30. The second-order valence-electron chi connectivity index (χ2n) is 9.82. The monoisotopic (exact) mass is 608 g/mol. The predicted molar refractivity (Wildman–Crippen MR) is 157 cm³/mol. The van der Waals surface area contributed by atoms with Gasteiger partial charge in [0.15, 0.2) is 11.5 Å². The van der Waals surface area contributed by atoms with Gasteiger partial charge in [-0.05, 0) is 53.2 Å². The van der Waals surface area contributed by atoms with Crippen LogP contribution in [0.15, 0.2) is 47.4 Å². The van der Waals surface area contributed by atoms with Crippen molar-refractivity contribution >= 4 is 40.9 Å². The highest BCUT2D eigenvalue weighted by atomic mass is 32.2. The molecule has 0 N–H and O–H groups in total. The quantitative estimate of drug-likeness (QED) is 0.347. The molecule has 0 unspecified atom stereocenters. The van der Waals surface area contributed by atoms with Crippen molar-refractivity contribution in [3.8, 4) is 17.5 Å². The van der Waals surface area contributed by atoms with E-state index in [1.54, 1.807) is 36.4 Å². The maximum Gasteiger partial charge on any atom is 0.328 e. The lowest BCUT2D eigenvalue weighted by Gasteiger charge is -2.30. The van der Waals surface area contributed by atoms with Crippen LogP contribution in [0, 0.1) is 5.82 Å². The van der Waals surface area contributed by atoms with Gasteiger partial charge >= 0.3 is 6.01 Å². The van der Waals surface area contributed by atoms with Crippen molar-refractivity contribution in [1.82, 2.24) is 19.9 Å². The van der Waals surface area contributed by atoms with Gasteiger partial charge < -0.3 is 28.7 Å². The minimum atomic E-state index is -0.421. The van der Waals surface area contributed by atoms with Gasteiger partial charge in [-0.15, -0.1) is 0 Å². The Hall–Kier alpha value is -4.27. The summed E-state index contributed by atoms with van der Waals surface area (Å²) in [6.45, 7) is 4.98. The highest BCUT2D eigenvalue weighted by Gasteiger charge is 2.35.